The second kappa shape index (κ2) is 5.48. The van der Waals surface area contributed by atoms with E-state index in [1.807, 2.05) is 0 Å². The molecule has 2 aliphatic rings. The molecule has 18 heavy (non-hydrogen) atoms. The van der Waals surface area contributed by atoms with Gasteiger partial charge in [-0.15, -0.1) is 11.8 Å². The number of hydrogen-bond acceptors (Lipinski definition) is 4. The van der Waals surface area contributed by atoms with Crippen molar-refractivity contribution in [3.05, 3.63) is 0 Å². The summed E-state index contributed by atoms with van der Waals surface area (Å²) in [4.78, 5) is 22.7. The van der Waals surface area contributed by atoms with E-state index < -0.39 is 11.5 Å². The van der Waals surface area contributed by atoms with E-state index in [2.05, 4.69) is 10.6 Å². The van der Waals surface area contributed by atoms with Crippen LogP contribution in [0.15, 0.2) is 0 Å². The van der Waals surface area contributed by atoms with Gasteiger partial charge in [0.25, 0.3) is 0 Å². The van der Waals surface area contributed by atoms with Crippen molar-refractivity contribution in [3.63, 3.8) is 0 Å². The number of carbonyl (C=O) groups excluding carboxylic acids is 1. The lowest BCUT2D eigenvalue weighted by molar-refractivity contribution is -0.144. The SMILES string of the molecule is CNC(=O)CSC1CCC(NC2CC2)(C(=O)O)C1. The van der Waals surface area contributed by atoms with Gasteiger partial charge in [0.2, 0.25) is 5.91 Å². The molecule has 0 aliphatic heterocycles. The van der Waals surface area contributed by atoms with Crippen LogP contribution in [0.2, 0.25) is 0 Å². The molecule has 6 heteroatoms. The zero-order valence-electron chi connectivity index (χ0n) is 10.6. The van der Waals surface area contributed by atoms with Crippen molar-refractivity contribution in [1.29, 1.82) is 0 Å². The highest BCUT2D eigenvalue weighted by Gasteiger charge is 2.48. The fourth-order valence-electron chi connectivity index (χ4n) is 2.41. The molecule has 2 rings (SSSR count). The molecule has 0 bridgehead atoms. The minimum absolute atomic E-state index is 0.00276. The average molecular weight is 272 g/mol. The Balaban J connectivity index is 1.87. The van der Waals surface area contributed by atoms with Crippen molar-refractivity contribution in [3.8, 4) is 0 Å². The molecule has 0 heterocycles. The van der Waals surface area contributed by atoms with Gasteiger partial charge in [0, 0.05) is 18.3 Å². The number of carboxylic acid groups (broad SMARTS) is 1. The van der Waals surface area contributed by atoms with E-state index in [-0.39, 0.29) is 11.2 Å². The third kappa shape index (κ3) is 3.17. The van der Waals surface area contributed by atoms with E-state index >= 15 is 0 Å². The number of hydrogen-bond donors (Lipinski definition) is 3. The van der Waals surface area contributed by atoms with Crippen LogP contribution in [-0.2, 0) is 9.59 Å². The van der Waals surface area contributed by atoms with Crippen LogP contribution in [0, 0.1) is 0 Å². The predicted octanol–water partition coefficient (Wildman–Crippen LogP) is 0.593. The Hall–Kier alpha value is -0.750. The van der Waals surface area contributed by atoms with Crippen LogP contribution in [0.25, 0.3) is 0 Å². The zero-order valence-corrected chi connectivity index (χ0v) is 11.4. The minimum atomic E-state index is -0.748. The van der Waals surface area contributed by atoms with Crippen molar-refractivity contribution in [1.82, 2.24) is 10.6 Å². The van der Waals surface area contributed by atoms with Crippen molar-refractivity contribution in [2.45, 2.75) is 48.9 Å². The van der Waals surface area contributed by atoms with Gasteiger partial charge in [-0.25, -0.2) is 0 Å². The van der Waals surface area contributed by atoms with Gasteiger partial charge in [-0.05, 0) is 32.1 Å². The molecule has 2 aliphatic carbocycles. The largest absolute Gasteiger partial charge is 0.480 e. The molecule has 2 atom stereocenters. The molecule has 2 saturated carbocycles. The highest BCUT2D eigenvalue weighted by Crippen LogP contribution is 2.39. The topological polar surface area (TPSA) is 78.4 Å². The second-order valence-electron chi connectivity index (χ2n) is 5.15. The molecular weight excluding hydrogens is 252 g/mol. The summed E-state index contributed by atoms with van der Waals surface area (Å²) in [6.45, 7) is 0. The highest BCUT2D eigenvalue weighted by atomic mass is 32.2. The molecule has 2 fully saturated rings. The minimum Gasteiger partial charge on any atom is -0.480 e. The molecule has 5 nitrogen and oxygen atoms in total. The van der Waals surface area contributed by atoms with Crippen LogP contribution in [0.1, 0.15) is 32.1 Å². The van der Waals surface area contributed by atoms with Crippen molar-refractivity contribution >= 4 is 23.6 Å². The molecule has 0 radical (unpaired) electrons. The average Bonchev–Trinajstić information content (AvgIpc) is 3.05. The number of rotatable bonds is 6. The van der Waals surface area contributed by atoms with Crippen LogP contribution in [-0.4, -0.2) is 46.6 Å². The molecular formula is C12H20N2O3S. The Morgan fingerprint density at radius 2 is 2.11 bits per heavy atom. The quantitative estimate of drug-likeness (QED) is 0.660. The Morgan fingerprint density at radius 3 is 2.67 bits per heavy atom. The van der Waals surface area contributed by atoms with E-state index in [0.717, 1.165) is 19.3 Å². The molecule has 2 unspecified atom stereocenters. The summed E-state index contributed by atoms with van der Waals surface area (Å²) >= 11 is 1.57. The van der Waals surface area contributed by atoms with Gasteiger partial charge >= 0.3 is 5.97 Å². The summed E-state index contributed by atoms with van der Waals surface area (Å²) in [5, 5.41) is 15.6. The molecule has 0 aromatic rings. The number of nitrogens with one attached hydrogen (secondary N) is 2. The van der Waals surface area contributed by atoms with Crippen LogP contribution >= 0.6 is 11.8 Å². The Labute approximate surface area is 111 Å². The molecule has 0 saturated heterocycles. The Morgan fingerprint density at radius 1 is 1.39 bits per heavy atom. The van der Waals surface area contributed by atoms with E-state index in [9.17, 15) is 14.7 Å². The summed E-state index contributed by atoms with van der Waals surface area (Å²) in [5.74, 6) is -0.319. The maximum atomic E-state index is 11.5. The van der Waals surface area contributed by atoms with Crippen molar-refractivity contribution in [2.24, 2.45) is 0 Å². The first-order valence-electron chi connectivity index (χ1n) is 6.39. The maximum Gasteiger partial charge on any atom is 0.323 e. The molecule has 0 spiro atoms. The first-order valence-corrected chi connectivity index (χ1v) is 7.44. The van der Waals surface area contributed by atoms with E-state index in [1.54, 1.807) is 18.8 Å². The molecule has 102 valence electrons. The smallest absolute Gasteiger partial charge is 0.323 e. The third-order valence-corrected chi connectivity index (χ3v) is 4.97. The van der Waals surface area contributed by atoms with Gasteiger partial charge in [0.05, 0.1) is 5.75 Å². The van der Waals surface area contributed by atoms with Crippen LogP contribution in [0.4, 0.5) is 0 Å². The van der Waals surface area contributed by atoms with Crippen molar-refractivity contribution in [2.75, 3.05) is 12.8 Å². The number of carboxylic acids is 1. The molecule has 3 N–H and O–H groups in total. The fourth-order valence-corrected chi connectivity index (χ4v) is 3.63. The lowest BCUT2D eigenvalue weighted by atomic mass is 9.98. The first kappa shape index (κ1) is 13.7. The summed E-state index contributed by atoms with van der Waals surface area (Å²) in [5.41, 5.74) is -0.748. The number of aliphatic carboxylic acids is 1. The zero-order chi connectivity index (χ0) is 13.2. The summed E-state index contributed by atoms with van der Waals surface area (Å²) in [7, 11) is 1.62. The van der Waals surface area contributed by atoms with Crippen molar-refractivity contribution < 1.29 is 14.7 Å². The standard InChI is InChI=1S/C12H20N2O3S/c1-13-10(15)7-18-9-4-5-12(6-9,11(16)17)14-8-2-3-8/h8-9,14H,2-7H2,1H3,(H,13,15)(H,16,17). The maximum absolute atomic E-state index is 11.5. The fraction of sp³-hybridized carbons (Fsp3) is 0.833. The lowest BCUT2D eigenvalue weighted by Crippen LogP contribution is -2.51. The molecule has 0 aromatic carbocycles. The first-order chi connectivity index (χ1) is 8.55. The van der Waals surface area contributed by atoms with Gasteiger partial charge in [0.1, 0.15) is 5.54 Å². The highest BCUT2D eigenvalue weighted by molar-refractivity contribution is 8.00. The summed E-state index contributed by atoms with van der Waals surface area (Å²) < 4.78 is 0. The summed E-state index contributed by atoms with van der Waals surface area (Å²) in [6.07, 6.45) is 4.34. The van der Waals surface area contributed by atoms with E-state index in [0.29, 0.717) is 24.6 Å². The Kier molecular flexibility index (Phi) is 4.17. The molecule has 1 amide bonds. The van der Waals surface area contributed by atoms with Gasteiger partial charge < -0.3 is 10.4 Å². The van der Waals surface area contributed by atoms with Gasteiger partial charge in [-0.3, -0.25) is 14.9 Å². The third-order valence-electron chi connectivity index (χ3n) is 3.67. The monoisotopic (exact) mass is 272 g/mol. The number of amides is 1. The second-order valence-corrected chi connectivity index (χ2v) is 6.44. The van der Waals surface area contributed by atoms with E-state index in [4.69, 9.17) is 0 Å². The van der Waals surface area contributed by atoms with Gasteiger partial charge in [0.15, 0.2) is 0 Å². The normalized spacial score (nSPS) is 31.3. The van der Waals surface area contributed by atoms with E-state index in [1.165, 1.54) is 0 Å². The Bertz CT molecular complexity index is 346. The van der Waals surface area contributed by atoms with Gasteiger partial charge in [-0.1, -0.05) is 0 Å². The van der Waals surface area contributed by atoms with Crippen LogP contribution in [0.3, 0.4) is 0 Å². The number of thioether (sulfide) groups is 1. The van der Waals surface area contributed by atoms with Crippen LogP contribution in [0.5, 0.6) is 0 Å². The van der Waals surface area contributed by atoms with Crippen LogP contribution < -0.4 is 10.6 Å². The lowest BCUT2D eigenvalue weighted by Gasteiger charge is -2.26. The predicted molar refractivity (Wildman–Crippen MR) is 70.7 cm³/mol. The van der Waals surface area contributed by atoms with Gasteiger partial charge in [-0.2, -0.15) is 0 Å². The number of carbonyl (C=O) groups is 2. The molecule has 0 aromatic heterocycles. The summed E-state index contributed by atoms with van der Waals surface area (Å²) in [6, 6.07) is 0.392.